The van der Waals surface area contributed by atoms with E-state index < -0.39 is 0 Å². The third-order valence-corrected chi connectivity index (χ3v) is 5.93. The van der Waals surface area contributed by atoms with Crippen LogP contribution in [0.15, 0.2) is 0 Å². The van der Waals surface area contributed by atoms with Crippen molar-refractivity contribution in [3.63, 3.8) is 0 Å². The van der Waals surface area contributed by atoms with Crippen molar-refractivity contribution in [1.29, 1.82) is 0 Å². The predicted molar refractivity (Wildman–Crippen MR) is 83.2 cm³/mol. The van der Waals surface area contributed by atoms with E-state index in [0.717, 1.165) is 12.0 Å². The molecule has 0 aromatic rings. The van der Waals surface area contributed by atoms with Crippen LogP contribution in [-0.2, 0) is 0 Å². The molecule has 0 aromatic carbocycles. The topological polar surface area (TPSA) is 38.0 Å². The fraction of sp³-hybridized carbons (Fsp3) is 1.00. The van der Waals surface area contributed by atoms with Gasteiger partial charge in [0.2, 0.25) is 0 Å². The van der Waals surface area contributed by atoms with Gasteiger partial charge < -0.3 is 11.1 Å². The lowest BCUT2D eigenvalue weighted by Gasteiger charge is -2.40. The van der Waals surface area contributed by atoms with E-state index in [4.69, 9.17) is 5.73 Å². The molecule has 0 radical (unpaired) electrons. The van der Waals surface area contributed by atoms with Gasteiger partial charge in [-0.3, -0.25) is 0 Å². The number of rotatable bonds is 4. The van der Waals surface area contributed by atoms with Gasteiger partial charge in [-0.15, -0.1) is 0 Å². The van der Waals surface area contributed by atoms with E-state index in [9.17, 15) is 0 Å². The van der Waals surface area contributed by atoms with Crippen LogP contribution in [0.4, 0.5) is 0 Å². The first-order valence-electron chi connectivity index (χ1n) is 8.53. The van der Waals surface area contributed by atoms with Crippen LogP contribution in [0.3, 0.4) is 0 Å². The molecule has 0 bridgehead atoms. The molecule has 0 heterocycles. The Kier molecular flexibility index (Phi) is 5.30. The summed E-state index contributed by atoms with van der Waals surface area (Å²) < 4.78 is 0. The van der Waals surface area contributed by atoms with Crippen molar-refractivity contribution >= 4 is 0 Å². The van der Waals surface area contributed by atoms with Crippen molar-refractivity contribution in [2.45, 2.75) is 96.7 Å². The van der Waals surface area contributed by atoms with E-state index in [1.807, 2.05) is 0 Å². The SMILES string of the molecule is CCC(C)(C)C1CCC(NC2CCCC(N)C2)CC1. The average molecular weight is 266 g/mol. The molecule has 0 aromatic heterocycles. The van der Waals surface area contributed by atoms with Crippen molar-refractivity contribution in [3.8, 4) is 0 Å². The van der Waals surface area contributed by atoms with Crippen LogP contribution < -0.4 is 11.1 Å². The Morgan fingerprint density at radius 3 is 2.26 bits per heavy atom. The normalized spacial score (nSPS) is 37.3. The second kappa shape index (κ2) is 6.58. The van der Waals surface area contributed by atoms with Gasteiger partial charge in [-0.25, -0.2) is 0 Å². The first-order chi connectivity index (χ1) is 9.01. The van der Waals surface area contributed by atoms with Crippen LogP contribution >= 0.6 is 0 Å². The van der Waals surface area contributed by atoms with Crippen molar-refractivity contribution in [1.82, 2.24) is 5.32 Å². The lowest BCUT2D eigenvalue weighted by Crippen LogP contribution is -2.46. The lowest BCUT2D eigenvalue weighted by molar-refractivity contribution is 0.131. The smallest absolute Gasteiger partial charge is 0.00843 e. The Bertz CT molecular complexity index is 266. The van der Waals surface area contributed by atoms with Gasteiger partial charge in [0, 0.05) is 18.1 Å². The minimum absolute atomic E-state index is 0.446. The third kappa shape index (κ3) is 4.19. The van der Waals surface area contributed by atoms with Crippen LogP contribution in [-0.4, -0.2) is 18.1 Å². The summed E-state index contributed by atoms with van der Waals surface area (Å²) in [5.74, 6) is 0.934. The molecule has 0 spiro atoms. The monoisotopic (exact) mass is 266 g/mol. The van der Waals surface area contributed by atoms with Gasteiger partial charge >= 0.3 is 0 Å². The van der Waals surface area contributed by atoms with E-state index in [-0.39, 0.29) is 0 Å². The van der Waals surface area contributed by atoms with E-state index in [0.29, 0.717) is 17.5 Å². The maximum Gasteiger partial charge on any atom is 0.00843 e. The maximum absolute atomic E-state index is 6.09. The van der Waals surface area contributed by atoms with Crippen molar-refractivity contribution in [2.24, 2.45) is 17.1 Å². The highest BCUT2D eigenvalue weighted by atomic mass is 15.0. The van der Waals surface area contributed by atoms with Crippen LogP contribution in [0.2, 0.25) is 0 Å². The minimum atomic E-state index is 0.446. The molecule has 2 fully saturated rings. The Hall–Kier alpha value is -0.0800. The van der Waals surface area contributed by atoms with Gasteiger partial charge in [-0.1, -0.05) is 33.6 Å². The van der Waals surface area contributed by atoms with Crippen molar-refractivity contribution < 1.29 is 0 Å². The molecule has 2 rings (SSSR count). The van der Waals surface area contributed by atoms with Gasteiger partial charge in [0.15, 0.2) is 0 Å². The molecule has 19 heavy (non-hydrogen) atoms. The highest BCUT2D eigenvalue weighted by Crippen LogP contribution is 2.40. The maximum atomic E-state index is 6.09. The first-order valence-corrected chi connectivity index (χ1v) is 8.53. The van der Waals surface area contributed by atoms with E-state index in [1.165, 1.54) is 57.8 Å². The number of hydrogen-bond donors (Lipinski definition) is 2. The summed E-state index contributed by atoms with van der Waals surface area (Å²) in [6.45, 7) is 7.24. The summed E-state index contributed by atoms with van der Waals surface area (Å²) in [6, 6.07) is 1.91. The summed E-state index contributed by atoms with van der Waals surface area (Å²) in [5, 5.41) is 3.90. The number of hydrogen-bond acceptors (Lipinski definition) is 2. The standard InChI is InChI=1S/C17H34N2/c1-4-17(2,3)13-8-10-15(11-9-13)19-16-7-5-6-14(18)12-16/h13-16,19H,4-12,18H2,1-3H3. The van der Waals surface area contributed by atoms with E-state index >= 15 is 0 Å². The molecule has 0 amide bonds. The zero-order valence-corrected chi connectivity index (χ0v) is 13.3. The molecule has 0 aliphatic heterocycles. The second-order valence-corrected chi connectivity index (χ2v) is 7.68. The zero-order chi connectivity index (χ0) is 13.9. The van der Waals surface area contributed by atoms with Gasteiger partial charge in [0.1, 0.15) is 0 Å². The van der Waals surface area contributed by atoms with Gasteiger partial charge in [0.05, 0.1) is 0 Å². The zero-order valence-electron chi connectivity index (χ0n) is 13.3. The molecule has 2 unspecified atom stereocenters. The predicted octanol–water partition coefficient (Wildman–Crippen LogP) is 3.84. The van der Waals surface area contributed by atoms with Crippen molar-refractivity contribution in [3.05, 3.63) is 0 Å². The van der Waals surface area contributed by atoms with E-state index in [1.54, 1.807) is 0 Å². The summed E-state index contributed by atoms with van der Waals surface area (Å²) in [5.41, 5.74) is 6.63. The van der Waals surface area contributed by atoms with Gasteiger partial charge in [-0.2, -0.15) is 0 Å². The molecule has 3 N–H and O–H groups in total. The van der Waals surface area contributed by atoms with Crippen LogP contribution in [0.1, 0.15) is 78.6 Å². The van der Waals surface area contributed by atoms with Crippen LogP contribution in [0.25, 0.3) is 0 Å². The molecule has 0 saturated heterocycles. The number of nitrogens with one attached hydrogen (secondary N) is 1. The second-order valence-electron chi connectivity index (χ2n) is 7.68. The highest BCUT2D eigenvalue weighted by molar-refractivity contribution is 4.88. The fourth-order valence-electron chi connectivity index (χ4n) is 4.04. The first kappa shape index (κ1) is 15.3. The largest absolute Gasteiger partial charge is 0.328 e. The third-order valence-electron chi connectivity index (χ3n) is 5.93. The highest BCUT2D eigenvalue weighted by Gasteiger charge is 2.32. The van der Waals surface area contributed by atoms with Gasteiger partial charge in [0.25, 0.3) is 0 Å². The summed E-state index contributed by atoms with van der Waals surface area (Å²) in [7, 11) is 0. The van der Waals surface area contributed by atoms with Gasteiger partial charge in [-0.05, 0) is 56.3 Å². The average Bonchev–Trinajstić information content (AvgIpc) is 2.39. The molecule has 2 nitrogen and oxygen atoms in total. The Balaban J connectivity index is 1.74. The molecule has 2 atom stereocenters. The lowest BCUT2D eigenvalue weighted by atomic mass is 9.69. The minimum Gasteiger partial charge on any atom is -0.328 e. The summed E-state index contributed by atoms with van der Waals surface area (Å²) >= 11 is 0. The molecule has 2 saturated carbocycles. The molecule has 2 heteroatoms. The van der Waals surface area contributed by atoms with Crippen LogP contribution in [0.5, 0.6) is 0 Å². The Labute approximate surface area is 119 Å². The molecular formula is C17H34N2. The van der Waals surface area contributed by atoms with Crippen molar-refractivity contribution in [2.75, 3.05) is 0 Å². The Morgan fingerprint density at radius 1 is 1.00 bits per heavy atom. The fourth-order valence-corrected chi connectivity index (χ4v) is 4.04. The number of nitrogens with two attached hydrogens (primary N) is 1. The molecule has 112 valence electrons. The summed E-state index contributed by atoms with van der Waals surface area (Å²) in [4.78, 5) is 0. The molecular weight excluding hydrogens is 232 g/mol. The quantitative estimate of drug-likeness (QED) is 0.811. The van der Waals surface area contributed by atoms with E-state index in [2.05, 4.69) is 26.1 Å². The Morgan fingerprint density at radius 2 is 1.68 bits per heavy atom. The summed E-state index contributed by atoms with van der Waals surface area (Å²) in [6.07, 6.45) is 12.0. The van der Waals surface area contributed by atoms with Crippen LogP contribution in [0, 0.1) is 11.3 Å². The molecule has 2 aliphatic rings. The molecule has 2 aliphatic carbocycles.